The first kappa shape index (κ1) is 43.1. The Bertz CT molecular complexity index is 1530. The van der Waals surface area contributed by atoms with E-state index >= 15 is 0 Å². The van der Waals surface area contributed by atoms with Gasteiger partial charge < -0.3 is 0 Å². The Hall–Kier alpha value is -3.29. The number of rotatable bonds is 6. The molecule has 0 nitrogen and oxygen atoms in total. The SMILES string of the molecule is [Cl][Ru+].[Cl][Ru+].c1cc[cH-]c1.c1cc[cH-]c1.c1ccc([PH+](c2ccccc2)c2ccccc2)cc1.c1ccc([PH+](c2ccccc2)c2ccccc2)cc1. The van der Waals surface area contributed by atoms with E-state index in [-0.39, 0.29) is 0 Å². The molecule has 0 saturated carbocycles. The standard InChI is InChI=1S/2C18H15P.2C5H5.2ClH.2Ru/c2*1-4-10-16(11-5-1)19(17-12-6-2-7-13-17)18-14-8-3-9-15-18;2*1-2-4-5-3-1;;;;/h2*1-15H;2*1-5H;2*1H;;/q;;2*-1;;;2*+2. The second-order valence-electron chi connectivity index (χ2n) is 10.9. The Morgan fingerprint density at radius 3 is 0.519 bits per heavy atom. The van der Waals surface area contributed by atoms with Gasteiger partial charge in [-0.1, -0.05) is 109 Å². The van der Waals surface area contributed by atoms with E-state index in [2.05, 4.69) is 201 Å². The first-order valence-electron chi connectivity index (χ1n) is 16.6. The zero-order valence-electron chi connectivity index (χ0n) is 28.6. The fraction of sp³-hybridized carbons (Fsp3) is 0. The maximum Gasteiger partial charge on any atom is 0.102 e. The third-order valence-corrected chi connectivity index (χ3v) is 12.9. The molecule has 0 N–H and O–H groups in total. The third-order valence-electron chi connectivity index (χ3n) is 7.49. The van der Waals surface area contributed by atoms with Crippen molar-refractivity contribution in [3.63, 3.8) is 0 Å². The summed E-state index contributed by atoms with van der Waals surface area (Å²) in [4.78, 5) is 0. The van der Waals surface area contributed by atoms with E-state index in [4.69, 9.17) is 0 Å². The van der Waals surface area contributed by atoms with Crippen molar-refractivity contribution in [3.8, 4) is 0 Å². The molecular formula is C46H42Cl2P2Ru2+2. The van der Waals surface area contributed by atoms with E-state index in [0.29, 0.717) is 0 Å². The Kier molecular flexibility index (Phi) is 23.4. The van der Waals surface area contributed by atoms with E-state index in [9.17, 15) is 0 Å². The molecule has 0 aliphatic carbocycles. The maximum absolute atomic E-state index is 4.57. The Labute approximate surface area is 341 Å². The van der Waals surface area contributed by atoms with Gasteiger partial charge in [-0.05, 0) is 72.8 Å². The zero-order chi connectivity index (χ0) is 36.9. The van der Waals surface area contributed by atoms with E-state index in [0.717, 1.165) is 0 Å². The average molecular weight is 930 g/mol. The molecule has 0 amide bonds. The molecule has 264 valence electrons. The first-order valence-corrected chi connectivity index (χ1v) is 24.0. The second kappa shape index (κ2) is 28.2. The van der Waals surface area contributed by atoms with E-state index in [1.165, 1.54) is 31.8 Å². The topological polar surface area (TPSA) is 0 Å². The molecule has 0 aromatic heterocycles. The second-order valence-corrected chi connectivity index (χ2v) is 15.8. The van der Waals surface area contributed by atoms with Crippen LogP contribution in [0.3, 0.4) is 0 Å². The van der Waals surface area contributed by atoms with Gasteiger partial charge >= 0.3 is 54.0 Å². The van der Waals surface area contributed by atoms with Crippen molar-refractivity contribution in [3.05, 3.63) is 243 Å². The molecule has 0 fully saturated rings. The molecule has 0 unspecified atom stereocenters. The quantitative estimate of drug-likeness (QED) is 0.0886. The van der Waals surface area contributed by atoms with Crippen LogP contribution in [0.2, 0.25) is 0 Å². The molecule has 0 atom stereocenters. The van der Waals surface area contributed by atoms with E-state index < -0.39 is 15.8 Å². The van der Waals surface area contributed by atoms with Crippen LogP contribution < -0.4 is 31.8 Å². The van der Waals surface area contributed by atoms with Crippen molar-refractivity contribution < 1.29 is 34.6 Å². The van der Waals surface area contributed by atoms with Gasteiger partial charge in [0, 0.05) is 0 Å². The summed E-state index contributed by atoms with van der Waals surface area (Å²) in [5, 5.41) is 8.61. The summed E-state index contributed by atoms with van der Waals surface area (Å²) < 4.78 is 0. The van der Waals surface area contributed by atoms with Crippen molar-refractivity contribution in [1.82, 2.24) is 0 Å². The molecular weight excluding hydrogens is 887 g/mol. The van der Waals surface area contributed by atoms with E-state index in [1.54, 1.807) is 0 Å². The summed E-state index contributed by atoms with van der Waals surface area (Å²) in [7, 11) is 7.38. The number of hydrogen-bond donors (Lipinski definition) is 0. The van der Waals surface area contributed by atoms with E-state index in [1.807, 2.05) is 95.3 Å². The van der Waals surface area contributed by atoms with Crippen molar-refractivity contribution in [1.29, 1.82) is 0 Å². The summed E-state index contributed by atoms with van der Waals surface area (Å²) >= 11 is 3.64. The van der Waals surface area contributed by atoms with Gasteiger partial charge in [0.1, 0.15) is 31.8 Å². The minimum atomic E-state index is -0.877. The molecule has 0 spiro atoms. The van der Waals surface area contributed by atoms with Crippen molar-refractivity contribution >= 4 is 67.1 Å². The van der Waals surface area contributed by atoms with Crippen molar-refractivity contribution in [2.45, 2.75) is 0 Å². The van der Waals surface area contributed by atoms with Crippen LogP contribution in [0.5, 0.6) is 0 Å². The predicted octanol–water partition coefficient (Wildman–Crippen LogP) is 10.5. The largest absolute Gasteiger partial charge is 0.214 e. The predicted molar refractivity (Wildman–Crippen MR) is 229 cm³/mol. The van der Waals surface area contributed by atoms with Gasteiger partial charge in [-0.2, -0.15) is 36.4 Å². The van der Waals surface area contributed by atoms with Crippen LogP contribution in [0.4, 0.5) is 0 Å². The van der Waals surface area contributed by atoms with Gasteiger partial charge in [-0.25, -0.2) is 24.3 Å². The van der Waals surface area contributed by atoms with Crippen LogP contribution in [0, 0.1) is 0 Å². The van der Waals surface area contributed by atoms with Gasteiger partial charge in [0.15, 0.2) is 0 Å². The first-order chi connectivity index (χ1) is 25.9. The monoisotopic (exact) mass is 930 g/mol. The number of halogens is 2. The van der Waals surface area contributed by atoms with Crippen LogP contribution in [0.1, 0.15) is 0 Å². The van der Waals surface area contributed by atoms with Crippen LogP contribution in [0.15, 0.2) is 243 Å². The maximum atomic E-state index is 4.57. The van der Waals surface area contributed by atoms with Crippen LogP contribution in [-0.4, -0.2) is 0 Å². The molecule has 0 aliphatic rings. The van der Waals surface area contributed by atoms with Gasteiger partial charge in [0.05, 0.1) is 15.8 Å². The minimum absolute atomic E-state index is 0.877. The molecule has 0 radical (unpaired) electrons. The molecule has 0 heterocycles. The summed E-state index contributed by atoms with van der Waals surface area (Å²) in [5.74, 6) is 0. The zero-order valence-corrected chi connectivity index (χ0v) is 35.5. The molecule has 8 aromatic carbocycles. The van der Waals surface area contributed by atoms with Crippen LogP contribution in [0.25, 0.3) is 0 Å². The van der Waals surface area contributed by atoms with Gasteiger partial charge in [-0.3, -0.25) is 0 Å². The number of benzene rings is 6. The fourth-order valence-electron chi connectivity index (χ4n) is 5.27. The summed E-state index contributed by atoms with van der Waals surface area (Å²) in [5.41, 5.74) is 0. The smallest absolute Gasteiger partial charge is 0.102 e. The van der Waals surface area contributed by atoms with Crippen LogP contribution in [-0.2, 0) is 34.6 Å². The van der Waals surface area contributed by atoms with Crippen molar-refractivity contribution in [2.75, 3.05) is 0 Å². The molecule has 0 bridgehead atoms. The Morgan fingerprint density at radius 2 is 0.404 bits per heavy atom. The fourth-order valence-corrected chi connectivity index (χ4v) is 10.4. The molecule has 6 heteroatoms. The average Bonchev–Trinajstić information content (AvgIpc) is 4.04. The minimum Gasteiger partial charge on any atom is -0.214 e. The van der Waals surface area contributed by atoms with Crippen molar-refractivity contribution in [2.24, 2.45) is 0 Å². The summed E-state index contributed by atoms with van der Waals surface area (Å²) in [6.07, 6.45) is 0. The number of hydrogen-bond acceptors (Lipinski definition) is 0. The summed E-state index contributed by atoms with van der Waals surface area (Å²) in [6, 6.07) is 85.0. The molecule has 8 rings (SSSR count). The van der Waals surface area contributed by atoms with Gasteiger partial charge in [-0.15, -0.1) is 0 Å². The molecule has 52 heavy (non-hydrogen) atoms. The molecule has 0 saturated heterocycles. The normalized spacial score (nSPS) is 9.50. The Balaban J connectivity index is 0.000000206. The van der Waals surface area contributed by atoms with Gasteiger partial charge in [0.25, 0.3) is 0 Å². The van der Waals surface area contributed by atoms with Crippen LogP contribution >= 0.6 is 35.2 Å². The Morgan fingerprint density at radius 1 is 0.250 bits per heavy atom. The molecule has 8 aromatic rings. The molecule has 0 aliphatic heterocycles. The van der Waals surface area contributed by atoms with Gasteiger partial charge in [0.2, 0.25) is 0 Å². The summed E-state index contributed by atoms with van der Waals surface area (Å²) in [6.45, 7) is 0. The third kappa shape index (κ3) is 15.8.